The van der Waals surface area contributed by atoms with Crippen LogP contribution in [0.15, 0.2) is 42.5 Å². The van der Waals surface area contributed by atoms with Crippen LogP contribution in [0.25, 0.3) is 16.8 Å². The molecule has 0 aliphatic carbocycles. The number of nitro groups is 1. The number of carbonyl (C=O) groups excluding carboxylic acids is 1. The summed E-state index contributed by atoms with van der Waals surface area (Å²) in [6.07, 6.45) is 0. The van der Waals surface area contributed by atoms with Crippen LogP contribution in [0.2, 0.25) is 5.02 Å². The molecule has 0 spiro atoms. The maximum absolute atomic E-state index is 12.1. The molecule has 0 atom stereocenters. The van der Waals surface area contributed by atoms with E-state index in [1.54, 1.807) is 41.9 Å². The SMILES string of the molecule is Cc1nn(-c2ccc(Cl)c(C(=O)OCC#N)c2)c(C)c1-c1cccc([N+](=O)[O-])c1. The van der Waals surface area contributed by atoms with Crippen molar-refractivity contribution in [1.29, 1.82) is 5.26 Å². The Morgan fingerprint density at radius 3 is 2.76 bits per heavy atom. The van der Waals surface area contributed by atoms with Gasteiger partial charge >= 0.3 is 5.97 Å². The zero-order valence-corrected chi connectivity index (χ0v) is 16.3. The van der Waals surface area contributed by atoms with Gasteiger partial charge in [-0.05, 0) is 37.6 Å². The summed E-state index contributed by atoms with van der Waals surface area (Å²) < 4.78 is 6.46. The molecular formula is C20H15ClN4O4. The highest BCUT2D eigenvalue weighted by atomic mass is 35.5. The summed E-state index contributed by atoms with van der Waals surface area (Å²) in [4.78, 5) is 22.8. The lowest BCUT2D eigenvalue weighted by Gasteiger charge is -2.09. The van der Waals surface area contributed by atoms with E-state index >= 15 is 0 Å². The molecule has 0 saturated heterocycles. The van der Waals surface area contributed by atoms with Gasteiger partial charge < -0.3 is 4.74 Å². The second-order valence-electron chi connectivity index (χ2n) is 6.16. The molecule has 2 aromatic carbocycles. The van der Waals surface area contributed by atoms with E-state index in [-0.39, 0.29) is 22.9 Å². The Labute approximate surface area is 171 Å². The molecule has 29 heavy (non-hydrogen) atoms. The molecule has 146 valence electrons. The lowest BCUT2D eigenvalue weighted by atomic mass is 10.0. The second-order valence-corrected chi connectivity index (χ2v) is 6.57. The van der Waals surface area contributed by atoms with E-state index in [4.69, 9.17) is 21.6 Å². The molecule has 3 aromatic rings. The van der Waals surface area contributed by atoms with Crippen LogP contribution in [0, 0.1) is 35.3 Å². The van der Waals surface area contributed by atoms with Gasteiger partial charge in [-0.1, -0.05) is 23.7 Å². The van der Waals surface area contributed by atoms with Gasteiger partial charge in [0.05, 0.1) is 26.9 Å². The zero-order valence-electron chi connectivity index (χ0n) is 15.5. The fourth-order valence-corrected chi connectivity index (χ4v) is 3.26. The lowest BCUT2D eigenvalue weighted by Crippen LogP contribution is -2.08. The molecule has 0 amide bonds. The number of ether oxygens (including phenoxy) is 1. The molecule has 3 rings (SSSR count). The van der Waals surface area contributed by atoms with E-state index in [9.17, 15) is 14.9 Å². The van der Waals surface area contributed by atoms with E-state index < -0.39 is 10.9 Å². The third-order valence-corrected chi connectivity index (χ3v) is 4.65. The highest BCUT2D eigenvalue weighted by Crippen LogP contribution is 2.31. The van der Waals surface area contributed by atoms with E-state index in [1.807, 2.05) is 6.92 Å². The Morgan fingerprint density at radius 2 is 2.07 bits per heavy atom. The summed E-state index contributed by atoms with van der Waals surface area (Å²) in [6.45, 7) is 3.25. The number of hydrogen-bond donors (Lipinski definition) is 0. The summed E-state index contributed by atoms with van der Waals surface area (Å²) in [5.41, 5.74) is 3.51. The molecule has 0 saturated carbocycles. The van der Waals surface area contributed by atoms with Crippen molar-refractivity contribution in [1.82, 2.24) is 9.78 Å². The van der Waals surface area contributed by atoms with Gasteiger partial charge in [-0.25, -0.2) is 9.48 Å². The van der Waals surface area contributed by atoms with Crippen LogP contribution >= 0.6 is 11.6 Å². The molecule has 0 fully saturated rings. The van der Waals surface area contributed by atoms with Gasteiger partial charge in [0.15, 0.2) is 6.61 Å². The van der Waals surface area contributed by atoms with E-state index in [1.165, 1.54) is 18.2 Å². The largest absolute Gasteiger partial charge is 0.447 e. The van der Waals surface area contributed by atoms with Crippen molar-refractivity contribution < 1.29 is 14.5 Å². The number of halogens is 1. The first kappa shape index (κ1) is 20.0. The van der Waals surface area contributed by atoms with E-state index in [2.05, 4.69) is 5.10 Å². The Morgan fingerprint density at radius 1 is 1.31 bits per heavy atom. The van der Waals surface area contributed by atoms with Gasteiger partial charge in [0, 0.05) is 23.4 Å². The fourth-order valence-electron chi connectivity index (χ4n) is 3.06. The van der Waals surface area contributed by atoms with Crippen molar-refractivity contribution in [2.24, 2.45) is 0 Å². The predicted octanol–water partition coefficient (Wildman–Crippen LogP) is 4.40. The average Bonchev–Trinajstić information content (AvgIpc) is 3.00. The van der Waals surface area contributed by atoms with Crippen molar-refractivity contribution in [3.05, 3.63) is 74.6 Å². The van der Waals surface area contributed by atoms with Crippen LogP contribution in [0.3, 0.4) is 0 Å². The molecule has 0 bridgehead atoms. The van der Waals surface area contributed by atoms with Gasteiger partial charge in [0.2, 0.25) is 0 Å². The van der Waals surface area contributed by atoms with Gasteiger partial charge in [0.25, 0.3) is 5.69 Å². The third kappa shape index (κ3) is 3.95. The molecule has 9 heteroatoms. The number of non-ortho nitro benzene ring substituents is 1. The van der Waals surface area contributed by atoms with Crippen LogP contribution in [0.4, 0.5) is 5.69 Å². The number of rotatable bonds is 5. The molecule has 0 aliphatic rings. The average molecular weight is 411 g/mol. The zero-order chi connectivity index (χ0) is 21.1. The highest BCUT2D eigenvalue weighted by molar-refractivity contribution is 6.33. The molecule has 0 N–H and O–H groups in total. The maximum atomic E-state index is 12.1. The smallest absolute Gasteiger partial charge is 0.340 e. The molecular weight excluding hydrogens is 396 g/mol. The minimum atomic E-state index is -0.709. The number of aromatic nitrogens is 2. The molecule has 1 aromatic heterocycles. The standard InChI is InChI=1S/C20H15ClN4O4/c1-12-19(14-4-3-5-16(10-14)25(27)28)13(2)24(23-12)15-6-7-18(21)17(11-15)20(26)29-9-8-22/h3-7,10-11H,9H2,1-2H3. The molecule has 0 unspecified atom stereocenters. The highest BCUT2D eigenvalue weighted by Gasteiger charge is 2.19. The van der Waals surface area contributed by atoms with Gasteiger partial charge in [0.1, 0.15) is 6.07 Å². The number of hydrogen-bond acceptors (Lipinski definition) is 6. The Bertz CT molecular complexity index is 1160. The van der Waals surface area contributed by atoms with Crippen LogP contribution < -0.4 is 0 Å². The van der Waals surface area contributed by atoms with E-state index in [0.29, 0.717) is 16.9 Å². The Balaban J connectivity index is 2.07. The number of carbonyl (C=O) groups is 1. The summed E-state index contributed by atoms with van der Waals surface area (Å²) >= 11 is 6.10. The molecule has 0 radical (unpaired) electrons. The van der Waals surface area contributed by atoms with Crippen molar-refractivity contribution in [3.8, 4) is 22.9 Å². The van der Waals surface area contributed by atoms with Gasteiger partial charge in [-0.3, -0.25) is 10.1 Å². The number of nitrogens with zero attached hydrogens (tertiary/aromatic N) is 4. The minimum Gasteiger partial charge on any atom is -0.447 e. The monoisotopic (exact) mass is 410 g/mol. The number of esters is 1. The molecule has 1 heterocycles. The van der Waals surface area contributed by atoms with Gasteiger partial charge in [-0.15, -0.1) is 0 Å². The first-order valence-corrected chi connectivity index (χ1v) is 8.86. The van der Waals surface area contributed by atoms with Crippen LogP contribution in [0.5, 0.6) is 0 Å². The number of nitro benzene ring substituents is 1. The maximum Gasteiger partial charge on any atom is 0.340 e. The second kappa shape index (κ2) is 8.12. The number of aryl methyl sites for hydroxylation is 1. The van der Waals surface area contributed by atoms with Crippen molar-refractivity contribution >= 4 is 23.3 Å². The quantitative estimate of drug-likeness (QED) is 0.350. The van der Waals surface area contributed by atoms with Crippen LogP contribution in [-0.2, 0) is 4.74 Å². The lowest BCUT2D eigenvalue weighted by molar-refractivity contribution is -0.384. The fraction of sp³-hybridized carbons (Fsp3) is 0.150. The Hall–Kier alpha value is -3.70. The predicted molar refractivity (Wildman–Crippen MR) is 106 cm³/mol. The summed E-state index contributed by atoms with van der Waals surface area (Å²) in [5, 5.41) is 24.4. The Kier molecular flexibility index (Phi) is 5.61. The number of benzene rings is 2. The molecule has 8 nitrogen and oxygen atoms in total. The normalized spacial score (nSPS) is 10.4. The third-order valence-electron chi connectivity index (χ3n) is 4.32. The first-order chi connectivity index (χ1) is 13.8. The summed E-state index contributed by atoms with van der Waals surface area (Å²) in [5.74, 6) is -0.709. The molecule has 0 aliphatic heterocycles. The van der Waals surface area contributed by atoms with Crippen molar-refractivity contribution in [2.75, 3.05) is 6.61 Å². The topological polar surface area (TPSA) is 111 Å². The van der Waals surface area contributed by atoms with Crippen LogP contribution in [-0.4, -0.2) is 27.3 Å². The van der Waals surface area contributed by atoms with Crippen molar-refractivity contribution in [2.45, 2.75) is 13.8 Å². The first-order valence-electron chi connectivity index (χ1n) is 8.48. The minimum absolute atomic E-state index is 0.0110. The summed E-state index contributed by atoms with van der Waals surface area (Å²) in [7, 11) is 0. The summed E-state index contributed by atoms with van der Waals surface area (Å²) in [6, 6.07) is 12.8. The van der Waals surface area contributed by atoms with E-state index in [0.717, 1.165) is 11.3 Å². The number of nitriles is 1. The van der Waals surface area contributed by atoms with Crippen molar-refractivity contribution in [3.63, 3.8) is 0 Å². The van der Waals surface area contributed by atoms with Gasteiger partial charge in [-0.2, -0.15) is 10.4 Å². The van der Waals surface area contributed by atoms with Crippen LogP contribution in [0.1, 0.15) is 21.7 Å².